The van der Waals surface area contributed by atoms with E-state index in [1.165, 1.54) is 30.6 Å². The van der Waals surface area contributed by atoms with Crippen LogP contribution in [0.3, 0.4) is 0 Å². The normalized spacial score (nSPS) is 16.6. The number of benzene rings is 1. The van der Waals surface area contributed by atoms with Crippen molar-refractivity contribution in [1.29, 1.82) is 0 Å². The van der Waals surface area contributed by atoms with Crippen LogP contribution in [-0.2, 0) is 19.5 Å². The number of nitrogens with zero attached hydrogens (tertiary/aromatic N) is 4. The van der Waals surface area contributed by atoms with Crippen LogP contribution < -0.4 is 10.6 Å². The van der Waals surface area contributed by atoms with Crippen molar-refractivity contribution >= 4 is 17.3 Å². The first-order valence-electron chi connectivity index (χ1n) is 10.5. The zero-order valence-corrected chi connectivity index (χ0v) is 18.8. The Morgan fingerprint density at radius 2 is 1.90 bits per heavy atom. The van der Waals surface area contributed by atoms with Crippen LogP contribution in [-0.4, -0.2) is 67.6 Å². The molecular weight excluding hydrogens is 380 g/mol. The third-order valence-corrected chi connectivity index (χ3v) is 6.09. The fraction of sp³-hybridized carbons (Fsp3) is 0.545. The van der Waals surface area contributed by atoms with E-state index in [2.05, 4.69) is 67.1 Å². The average molecular weight is 415 g/mol. The van der Waals surface area contributed by atoms with Crippen molar-refractivity contribution in [2.45, 2.75) is 32.9 Å². The van der Waals surface area contributed by atoms with Gasteiger partial charge in [-0.3, -0.25) is 9.89 Å². The quantitative estimate of drug-likeness (QED) is 0.539. The van der Waals surface area contributed by atoms with Crippen molar-refractivity contribution in [2.24, 2.45) is 4.99 Å². The molecule has 3 rings (SSSR count). The molecule has 1 aromatic carbocycles. The lowest BCUT2D eigenvalue weighted by molar-refractivity contribution is 0.269. The number of aryl methyl sites for hydroxylation is 1. The largest absolute Gasteiger partial charge is 0.356 e. The minimum atomic E-state index is 0.768. The first-order chi connectivity index (χ1) is 14.1. The number of hydrogen-bond donors (Lipinski definition) is 2. The minimum absolute atomic E-state index is 0.768. The maximum atomic E-state index is 4.50. The second-order valence-corrected chi connectivity index (χ2v) is 8.77. The van der Waals surface area contributed by atoms with Crippen molar-refractivity contribution in [1.82, 2.24) is 25.4 Å². The molecule has 0 atom stereocenters. The Bertz CT molecular complexity index is 770. The summed E-state index contributed by atoms with van der Waals surface area (Å²) in [6, 6.07) is 8.95. The molecule has 7 heteroatoms. The fourth-order valence-electron chi connectivity index (χ4n) is 3.52. The number of guanidine groups is 1. The van der Waals surface area contributed by atoms with Gasteiger partial charge in [-0.25, -0.2) is 4.98 Å². The molecule has 29 heavy (non-hydrogen) atoms. The van der Waals surface area contributed by atoms with Gasteiger partial charge in [0, 0.05) is 51.6 Å². The third-order valence-electron chi connectivity index (χ3n) is 5.27. The summed E-state index contributed by atoms with van der Waals surface area (Å²) in [6.45, 7) is 9.40. The molecule has 1 aromatic heterocycles. The van der Waals surface area contributed by atoms with Gasteiger partial charge in [-0.05, 0) is 44.6 Å². The molecule has 2 heterocycles. The third kappa shape index (κ3) is 7.42. The van der Waals surface area contributed by atoms with Crippen molar-refractivity contribution < 1.29 is 0 Å². The van der Waals surface area contributed by atoms with Crippen molar-refractivity contribution in [2.75, 3.05) is 46.8 Å². The van der Waals surface area contributed by atoms with E-state index in [9.17, 15) is 0 Å². The second kappa shape index (κ2) is 11.3. The number of hydrogen-bond acceptors (Lipinski definition) is 5. The van der Waals surface area contributed by atoms with Crippen molar-refractivity contribution in [3.8, 4) is 0 Å². The van der Waals surface area contributed by atoms with E-state index in [0.717, 1.165) is 55.8 Å². The molecule has 6 nitrogen and oxygen atoms in total. The number of likely N-dealkylation sites (N-methyl/N-ethyl adjacent to an activating group) is 1. The standard InChI is InChI=1S/C22H34N6S/c1-18-26-21(17-29-18)9-10-24-22(23-2)25-15-19-5-7-20(8-6-19)16-28-12-4-11-27(3)13-14-28/h5-8,17H,4,9-16H2,1-3H3,(H2,23,24,25). The molecule has 0 aliphatic carbocycles. The molecule has 1 aliphatic rings. The van der Waals surface area contributed by atoms with E-state index in [1.54, 1.807) is 11.3 Å². The zero-order chi connectivity index (χ0) is 20.5. The lowest BCUT2D eigenvalue weighted by Gasteiger charge is -2.20. The topological polar surface area (TPSA) is 55.8 Å². The van der Waals surface area contributed by atoms with Gasteiger partial charge in [-0.2, -0.15) is 0 Å². The summed E-state index contributed by atoms with van der Waals surface area (Å²) < 4.78 is 0. The lowest BCUT2D eigenvalue weighted by atomic mass is 10.1. The Morgan fingerprint density at radius 1 is 1.10 bits per heavy atom. The molecule has 2 N–H and O–H groups in total. The van der Waals surface area contributed by atoms with Crippen LogP contribution in [0.1, 0.15) is 28.2 Å². The smallest absolute Gasteiger partial charge is 0.191 e. The Hall–Kier alpha value is -1.96. The van der Waals surface area contributed by atoms with E-state index in [1.807, 2.05) is 14.0 Å². The monoisotopic (exact) mass is 414 g/mol. The van der Waals surface area contributed by atoms with Gasteiger partial charge < -0.3 is 15.5 Å². The highest BCUT2D eigenvalue weighted by Gasteiger charge is 2.12. The molecule has 0 amide bonds. The van der Waals surface area contributed by atoms with Crippen LogP contribution in [0.2, 0.25) is 0 Å². The molecule has 1 aliphatic heterocycles. The molecule has 1 saturated heterocycles. The van der Waals surface area contributed by atoms with Crippen LogP contribution in [0, 0.1) is 6.92 Å². The average Bonchev–Trinajstić information content (AvgIpc) is 3.03. The molecule has 0 radical (unpaired) electrons. The van der Waals surface area contributed by atoms with Crippen molar-refractivity contribution in [3.63, 3.8) is 0 Å². The number of aromatic nitrogens is 1. The molecule has 158 valence electrons. The summed E-state index contributed by atoms with van der Waals surface area (Å²) in [5.74, 6) is 0.828. The summed E-state index contributed by atoms with van der Waals surface area (Å²) in [7, 11) is 4.03. The minimum Gasteiger partial charge on any atom is -0.356 e. The summed E-state index contributed by atoms with van der Waals surface area (Å²) in [6.07, 6.45) is 2.17. The van der Waals surface area contributed by atoms with Crippen molar-refractivity contribution in [3.05, 3.63) is 51.5 Å². The van der Waals surface area contributed by atoms with Crippen LogP contribution in [0.15, 0.2) is 34.6 Å². The number of aliphatic imine (C=N–C) groups is 1. The summed E-state index contributed by atoms with van der Waals surface area (Å²) >= 11 is 1.70. The SMILES string of the molecule is CN=C(NCCc1csc(C)n1)NCc1ccc(CN2CCCN(C)CC2)cc1. The van der Waals surface area contributed by atoms with Crippen LogP contribution in [0.25, 0.3) is 0 Å². The lowest BCUT2D eigenvalue weighted by Crippen LogP contribution is -2.37. The highest BCUT2D eigenvalue weighted by atomic mass is 32.1. The maximum Gasteiger partial charge on any atom is 0.191 e. The Balaban J connectivity index is 1.40. The van der Waals surface area contributed by atoms with E-state index >= 15 is 0 Å². The molecule has 2 aromatic rings. The van der Waals surface area contributed by atoms with Gasteiger partial charge in [-0.15, -0.1) is 11.3 Å². The first kappa shape index (κ1) is 21.7. The number of thiazole rings is 1. The van der Waals surface area contributed by atoms with E-state index in [-0.39, 0.29) is 0 Å². The van der Waals surface area contributed by atoms with Gasteiger partial charge in [0.05, 0.1) is 10.7 Å². The molecule has 0 saturated carbocycles. The van der Waals surface area contributed by atoms with E-state index in [4.69, 9.17) is 0 Å². The molecular formula is C22H34N6S. The first-order valence-corrected chi connectivity index (χ1v) is 11.3. The second-order valence-electron chi connectivity index (χ2n) is 7.71. The van der Waals surface area contributed by atoms with Gasteiger partial charge in [0.15, 0.2) is 5.96 Å². The van der Waals surface area contributed by atoms with Gasteiger partial charge >= 0.3 is 0 Å². The summed E-state index contributed by atoms with van der Waals surface area (Å²) in [4.78, 5) is 13.8. The van der Waals surface area contributed by atoms with Gasteiger partial charge in [0.2, 0.25) is 0 Å². The van der Waals surface area contributed by atoms with E-state index < -0.39 is 0 Å². The zero-order valence-electron chi connectivity index (χ0n) is 17.9. The molecule has 0 spiro atoms. The fourth-order valence-corrected chi connectivity index (χ4v) is 4.16. The number of nitrogens with one attached hydrogen (secondary N) is 2. The van der Waals surface area contributed by atoms with E-state index in [0.29, 0.717) is 0 Å². The highest BCUT2D eigenvalue weighted by Crippen LogP contribution is 2.10. The molecule has 0 bridgehead atoms. The Kier molecular flexibility index (Phi) is 8.46. The maximum absolute atomic E-state index is 4.50. The van der Waals surface area contributed by atoms with Crippen LogP contribution in [0.4, 0.5) is 0 Å². The van der Waals surface area contributed by atoms with Gasteiger partial charge in [0.25, 0.3) is 0 Å². The van der Waals surface area contributed by atoms with Crippen LogP contribution >= 0.6 is 11.3 Å². The Labute approximate surface area is 179 Å². The summed E-state index contributed by atoms with van der Waals surface area (Å²) in [5, 5.41) is 10.0. The summed E-state index contributed by atoms with van der Waals surface area (Å²) in [5.41, 5.74) is 3.80. The van der Waals surface area contributed by atoms with Gasteiger partial charge in [-0.1, -0.05) is 24.3 Å². The predicted octanol–water partition coefficient (Wildman–Crippen LogP) is 2.50. The highest BCUT2D eigenvalue weighted by molar-refractivity contribution is 7.09. The van der Waals surface area contributed by atoms with Gasteiger partial charge in [0.1, 0.15) is 0 Å². The number of rotatable bonds is 7. The molecule has 0 unspecified atom stereocenters. The molecule has 1 fully saturated rings. The Morgan fingerprint density at radius 3 is 2.62 bits per heavy atom. The van der Waals surface area contributed by atoms with Crippen LogP contribution in [0.5, 0.6) is 0 Å². The predicted molar refractivity (Wildman–Crippen MR) is 123 cm³/mol.